The van der Waals surface area contributed by atoms with Gasteiger partial charge in [-0.1, -0.05) is 32.1 Å². The molecule has 0 saturated carbocycles. The molecular formula is C16H20N4O3S. The second-order valence-electron chi connectivity index (χ2n) is 6.91. The summed E-state index contributed by atoms with van der Waals surface area (Å²) in [6.07, 6.45) is 1.78. The van der Waals surface area contributed by atoms with Crippen molar-refractivity contribution in [3.63, 3.8) is 0 Å². The molecule has 3 heterocycles. The first-order chi connectivity index (χ1) is 11.3. The van der Waals surface area contributed by atoms with Crippen LogP contribution in [-0.4, -0.2) is 33.5 Å². The van der Waals surface area contributed by atoms with E-state index in [2.05, 4.69) is 15.5 Å². The largest absolute Gasteiger partial charge is 0.467 e. The number of nitrogens with zero attached hydrogens (tertiary/aromatic N) is 3. The van der Waals surface area contributed by atoms with Gasteiger partial charge in [0, 0.05) is 18.4 Å². The summed E-state index contributed by atoms with van der Waals surface area (Å²) in [4.78, 5) is 26.1. The molecule has 24 heavy (non-hydrogen) atoms. The van der Waals surface area contributed by atoms with Crippen molar-refractivity contribution in [3.05, 3.63) is 29.2 Å². The van der Waals surface area contributed by atoms with Crippen molar-refractivity contribution in [2.45, 2.75) is 39.2 Å². The number of hydrogen-bond donors (Lipinski definition) is 1. The van der Waals surface area contributed by atoms with Crippen LogP contribution in [-0.2, 0) is 21.5 Å². The quantitative estimate of drug-likeness (QED) is 0.917. The second-order valence-corrected chi connectivity index (χ2v) is 7.88. The topological polar surface area (TPSA) is 88.3 Å². The molecule has 128 valence electrons. The lowest BCUT2D eigenvalue weighted by atomic mass is 9.98. The number of carbonyl (C=O) groups is 2. The highest BCUT2D eigenvalue weighted by atomic mass is 32.1. The molecule has 0 bridgehead atoms. The molecule has 1 unspecified atom stereocenters. The Labute approximate surface area is 144 Å². The summed E-state index contributed by atoms with van der Waals surface area (Å²) in [5.41, 5.74) is -0.107. The predicted molar refractivity (Wildman–Crippen MR) is 89.5 cm³/mol. The molecule has 2 aromatic rings. The first-order valence-electron chi connectivity index (χ1n) is 7.78. The molecule has 0 aromatic carbocycles. The lowest BCUT2D eigenvalue weighted by molar-refractivity contribution is -0.128. The maximum atomic E-state index is 12.4. The van der Waals surface area contributed by atoms with E-state index in [1.807, 2.05) is 26.8 Å². The normalized spacial score (nSPS) is 18.2. The molecule has 2 aromatic heterocycles. The molecule has 1 atom stereocenters. The van der Waals surface area contributed by atoms with Gasteiger partial charge in [0.25, 0.3) is 0 Å². The smallest absolute Gasteiger partial charge is 0.231 e. The summed E-state index contributed by atoms with van der Waals surface area (Å²) >= 11 is 1.36. The predicted octanol–water partition coefficient (Wildman–Crippen LogP) is 2.42. The number of carbonyl (C=O) groups excluding carboxylic acids is 2. The number of anilines is 1. The Bertz CT molecular complexity index is 733. The number of likely N-dealkylation sites (tertiary alicyclic amines) is 1. The van der Waals surface area contributed by atoms with Gasteiger partial charge in [-0.25, -0.2) is 0 Å². The molecule has 1 fully saturated rings. The van der Waals surface area contributed by atoms with Gasteiger partial charge in [0.1, 0.15) is 10.8 Å². The van der Waals surface area contributed by atoms with Crippen molar-refractivity contribution in [1.29, 1.82) is 0 Å². The summed E-state index contributed by atoms with van der Waals surface area (Å²) in [5, 5.41) is 12.2. The summed E-state index contributed by atoms with van der Waals surface area (Å²) in [5.74, 6) is 0.0962. The van der Waals surface area contributed by atoms with Gasteiger partial charge in [0.2, 0.25) is 16.9 Å². The molecule has 7 nitrogen and oxygen atoms in total. The number of nitrogens with one attached hydrogen (secondary N) is 1. The van der Waals surface area contributed by atoms with Crippen LogP contribution in [0.25, 0.3) is 0 Å². The molecular weight excluding hydrogens is 328 g/mol. The number of rotatable bonds is 4. The van der Waals surface area contributed by atoms with Crippen LogP contribution in [0, 0.1) is 5.92 Å². The van der Waals surface area contributed by atoms with Crippen LogP contribution in [0.5, 0.6) is 0 Å². The van der Waals surface area contributed by atoms with Crippen LogP contribution in [0.4, 0.5) is 5.13 Å². The van der Waals surface area contributed by atoms with E-state index in [1.54, 1.807) is 17.2 Å². The Morgan fingerprint density at radius 3 is 2.88 bits per heavy atom. The third kappa shape index (κ3) is 3.64. The van der Waals surface area contributed by atoms with Crippen LogP contribution in [0.2, 0.25) is 0 Å². The third-order valence-electron chi connectivity index (χ3n) is 3.81. The Morgan fingerprint density at radius 2 is 2.25 bits per heavy atom. The maximum absolute atomic E-state index is 12.4. The van der Waals surface area contributed by atoms with Gasteiger partial charge >= 0.3 is 0 Å². The molecule has 8 heteroatoms. The van der Waals surface area contributed by atoms with Gasteiger partial charge < -0.3 is 14.6 Å². The Kier molecular flexibility index (Phi) is 4.40. The first-order valence-corrected chi connectivity index (χ1v) is 8.59. The highest BCUT2D eigenvalue weighted by Gasteiger charge is 2.35. The minimum Gasteiger partial charge on any atom is -0.467 e. The van der Waals surface area contributed by atoms with Crippen molar-refractivity contribution in [3.8, 4) is 0 Å². The fourth-order valence-corrected chi connectivity index (χ4v) is 3.28. The van der Waals surface area contributed by atoms with Crippen LogP contribution in [0.15, 0.2) is 22.8 Å². The van der Waals surface area contributed by atoms with Crippen LogP contribution in [0.3, 0.4) is 0 Å². The Morgan fingerprint density at radius 1 is 1.46 bits per heavy atom. The second kappa shape index (κ2) is 6.35. The SMILES string of the molecule is CC(C)(C)c1nnc(NC(=O)C2CC(=O)N(Cc3ccco3)C2)s1. The first kappa shape index (κ1) is 16.6. The van der Waals surface area contributed by atoms with Crippen molar-refractivity contribution in [2.75, 3.05) is 11.9 Å². The lowest BCUT2D eigenvalue weighted by Crippen LogP contribution is -2.27. The molecule has 1 saturated heterocycles. The molecule has 0 spiro atoms. The molecule has 0 radical (unpaired) electrons. The van der Waals surface area contributed by atoms with Crippen LogP contribution >= 0.6 is 11.3 Å². The molecule has 3 rings (SSSR count). The average molecular weight is 348 g/mol. The third-order valence-corrected chi connectivity index (χ3v) is 5.07. The van der Waals surface area contributed by atoms with Crippen molar-refractivity contribution in [1.82, 2.24) is 15.1 Å². The maximum Gasteiger partial charge on any atom is 0.231 e. The fourth-order valence-electron chi connectivity index (χ4n) is 2.48. The minimum absolute atomic E-state index is 0.0424. The van der Waals surface area contributed by atoms with Gasteiger partial charge in [-0.2, -0.15) is 0 Å². The Balaban J connectivity index is 1.60. The van der Waals surface area contributed by atoms with Crippen molar-refractivity contribution in [2.24, 2.45) is 5.92 Å². The van der Waals surface area contributed by atoms with Gasteiger partial charge in [-0.3, -0.25) is 9.59 Å². The molecule has 1 aliphatic heterocycles. The molecule has 2 amide bonds. The minimum atomic E-state index is -0.380. The number of amides is 2. The van der Waals surface area contributed by atoms with E-state index >= 15 is 0 Å². The van der Waals surface area contributed by atoms with Gasteiger partial charge in [0.15, 0.2) is 0 Å². The highest BCUT2D eigenvalue weighted by Crippen LogP contribution is 2.28. The number of furan rings is 1. The summed E-state index contributed by atoms with van der Waals surface area (Å²) < 4.78 is 5.26. The fraction of sp³-hybridized carbons (Fsp3) is 0.500. The van der Waals surface area contributed by atoms with E-state index in [0.717, 1.165) is 5.01 Å². The van der Waals surface area contributed by atoms with Gasteiger partial charge in [0.05, 0.1) is 18.7 Å². The van der Waals surface area contributed by atoms with E-state index in [0.29, 0.717) is 24.0 Å². The lowest BCUT2D eigenvalue weighted by Gasteiger charge is -2.14. The zero-order valence-electron chi connectivity index (χ0n) is 13.9. The van der Waals surface area contributed by atoms with E-state index in [1.165, 1.54) is 11.3 Å². The van der Waals surface area contributed by atoms with Crippen LogP contribution < -0.4 is 5.32 Å². The standard InChI is InChI=1S/C16H20N4O3S/c1-16(2,3)14-18-19-15(24-14)17-13(22)10-7-12(21)20(8-10)9-11-5-4-6-23-11/h4-6,10H,7-9H2,1-3H3,(H,17,19,22). The summed E-state index contributed by atoms with van der Waals surface area (Å²) in [6, 6.07) is 3.60. The average Bonchev–Trinajstić information content (AvgIpc) is 3.21. The van der Waals surface area contributed by atoms with Gasteiger partial charge in [-0.15, -0.1) is 10.2 Å². The number of aromatic nitrogens is 2. The molecule has 1 aliphatic rings. The van der Waals surface area contributed by atoms with Crippen molar-refractivity contribution >= 4 is 28.3 Å². The summed E-state index contributed by atoms with van der Waals surface area (Å²) in [7, 11) is 0. The molecule has 1 N–H and O–H groups in total. The van der Waals surface area contributed by atoms with Crippen molar-refractivity contribution < 1.29 is 14.0 Å². The van der Waals surface area contributed by atoms with E-state index < -0.39 is 0 Å². The zero-order chi connectivity index (χ0) is 17.3. The van der Waals surface area contributed by atoms with E-state index in [9.17, 15) is 9.59 Å². The Hall–Kier alpha value is -2.22. The molecule has 0 aliphatic carbocycles. The van der Waals surface area contributed by atoms with Gasteiger partial charge in [-0.05, 0) is 12.1 Å². The zero-order valence-corrected chi connectivity index (χ0v) is 14.7. The van der Waals surface area contributed by atoms with Crippen LogP contribution in [0.1, 0.15) is 38.0 Å². The summed E-state index contributed by atoms with van der Waals surface area (Å²) in [6.45, 7) is 6.91. The highest BCUT2D eigenvalue weighted by molar-refractivity contribution is 7.15. The van der Waals surface area contributed by atoms with E-state index in [4.69, 9.17) is 4.42 Å². The number of hydrogen-bond acceptors (Lipinski definition) is 6. The monoisotopic (exact) mass is 348 g/mol. The van der Waals surface area contributed by atoms with E-state index in [-0.39, 0.29) is 29.6 Å².